The average Bonchev–Trinajstić information content (AvgIpc) is 2.90. The number of ether oxygens (including phenoxy) is 1. The number of carbonyl (C=O) groups is 2. The molecular weight excluding hydrogens is 246 g/mol. The molecule has 2 fully saturated rings. The van der Waals surface area contributed by atoms with Crippen LogP contribution in [0.5, 0.6) is 0 Å². The molecule has 108 valence electrons. The molecule has 3 atom stereocenters. The van der Waals surface area contributed by atoms with Gasteiger partial charge in [0.2, 0.25) is 5.91 Å². The van der Waals surface area contributed by atoms with Crippen molar-refractivity contribution < 1.29 is 14.3 Å². The highest BCUT2D eigenvalue weighted by molar-refractivity contribution is 5.79. The van der Waals surface area contributed by atoms with Crippen molar-refractivity contribution in [1.82, 2.24) is 10.6 Å². The van der Waals surface area contributed by atoms with Crippen molar-refractivity contribution in [3.63, 3.8) is 0 Å². The molecule has 1 aliphatic carbocycles. The largest absolute Gasteiger partial charge is 0.376 e. The zero-order valence-electron chi connectivity index (χ0n) is 11.2. The van der Waals surface area contributed by atoms with Crippen molar-refractivity contribution in [1.29, 1.82) is 0 Å². The zero-order valence-corrected chi connectivity index (χ0v) is 11.2. The molecule has 1 aliphatic heterocycles. The van der Waals surface area contributed by atoms with Gasteiger partial charge in [0.05, 0.1) is 12.0 Å². The lowest BCUT2D eigenvalue weighted by Crippen LogP contribution is -2.51. The minimum absolute atomic E-state index is 0.129. The van der Waals surface area contributed by atoms with E-state index in [0.717, 1.165) is 45.1 Å². The van der Waals surface area contributed by atoms with Gasteiger partial charge in [-0.25, -0.2) is 4.79 Å². The fourth-order valence-electron chi connectivity index (χ4n) is 2.88. The van der Waals surface area contributed by atoms with E-state index in [1.165, 1.54) is 0 Å². The Morgan fingerprint density at radius 2 is 1.95 bits per heavy atom. The molecule has 3 amide bonds. The van der Waals surface area contributed by atoms with Crippen LogP contribution >= 0.6 is 0 Å². The Morgan fingerprint density at radius 3 is 2.63 bits per heavy atom. The number of rotatable bonds is 4. The Morgan fingerprint density at radius 1 is 1.16 bits per heavy atom. The number of carbonyl (C=O) groups excluding carboxylic acids is 2. The second-order valence-corrected chi connectivity index (χ2v) is 5.39. The van der Waals surface area contributed by atoms with Crippen LogP contribution in [-0.2, 0) is 9.53 Å². The van der Waals surface area contributed by atoms with E-state index >= 15 is 0 Å². The molecule has 0 aromatic heterocycles. The van der Waals surface area contributed by atoms with Crippen molar-refractivity contribution in [3.8, 4) is 0 Å². The summed E-state index contributed by atoms with van der Waals surface area (Å²) in [5, 5.41) is 5.67. The highest BCUT2D eigenvalue weighted by atomic mass is 16.5. The van der Waals surface area contributed by atoms with Crippen molar-refractivity contribution in [3.05, 3.63) is 0 Å². The maximum atomic E-state index is 11.8. The second kappa shape index (κ2) is 6.75. The molecule has 0 spiro atoms. The van der Waals surface area contributed by atoms with Gasteiger partial charge < -0.3 is 21.1 Å². The van der Waals surface area contributed by atoms with Crippen molar-refractivity contribution in [2.45, 2.75) is 50.7 Å². The third kappa shape index (κ3) is 4.09. The van der Waals surface area contributed by atoms with E-state index in [9.17, 15) is 9.59 Å². The summed E-state index contributed by atoms with van der Waals surface area (Å²) in [6.07, 6.45) is 5.80. The van der Waals surface area contributed by atoms with E-state index in [4.69, 9.17) is 10.5 Å². The van der Waals surface area contributed by atoms with Crippen LogP contribution in [0.1, 0.15) is 38.5 Å². The number of urea groups is 1. The molecule has 0 radical (unpaired) electrons. The maximum Gasteiger partial charge on any atom is 0.315 e. The SMILES string of the molecule is NC(=O)[C@@H]1CCCC[C@H]1NC(=O)NC[C@H]1CCCO1. The van der Waals surface area contributed by atoms with Crippen LogP contribution in [0.2, 0.25) is 0 Å². The molecule has 2 rings (SSSR count). The molecular formula is C13H23N3O3. The summed E-state index contributed by atoms with van der Waals surface area (Å²) >= 11 is 0. The van der Waals surface area contributed by atoms with E-state index in [1.807, 2.05) is 0 Å². The summed E-state index contributed by atoms with van der Waals surface area (Å²) in [5.41, 5.74) is 5.38. The summed E-state index contributed by atoms with van der Waals surface area (Å²) < 4.78 is 5.44. The molecule has 2 aliphatic rings. The number of amides is 3. The Bertz CT molecular complexity index is 329. The summed E-state index contributed by atoms with van der Waals surface area (Å²) in [6.45, 7) is 1.31. The van der Waals surface area contributed by atoms with Gasteiger partial charge in [-0.15, -0.1) is 0 Å². The van der Waals surface area contributed by atoms with Crippen LogP contribution in [0.25, 0.3) is 0 Å². The predicted molar refractivity (Wildman–Crippen MR) is 70.4 cm³/mol. The first-order chi connectivity index (χ1) is 9.16. The van der Waals surface area contributed by atoms with Crippen LogP contribution < -0.4 is 16.4 Å². The lowest BCUT2D eigenvalue weighted by atomic mass is 9.84. The van der Waals surface area contributed by atoms with Crippen molar-refractivity contribution in [2.24, 2.45) is 11.7 Å². The number of nitrogens with one attached hydrogen (secondary N) is 2. The Balaban J connectivity index is 1.74. The van der Waals surface area contributed by atoms with Crippen LogP contribution in [-0.4, -0.2) is 37.2 Å². The smallest absolute Gasteiger partial charge is 0.315 e. The summed E-state index contributed by atoms with van der Waals surface area (Å²) in [5.74, 6) is -0.550. The first kappa shape index (κ1) is 14.1. The fourth-order valence-corrected chi connectivity index (χ4v) is 2.88. The highest BCUT2D eigenvalue weighted by Crippen LogP contribution is 2.24. The summed E-state index contributed by atoms with van der Waals surface area (Å²) in [4.78, 5) is 23.2. The number of primary amides is 1. The van der Waals surface area contributed by atoms with Gasteiger partial charge in [-0.1, -0.05) is 12.8 Å². The quantitative estimate of drug-likeness (QED) is 0.694. The number of nitrogens with two attached hydrogens (primary N) is 1. The van der Waals surface area contributed by atoms with E-state index in [-0.39, 0.29) is 30.0 Å². The number of hydrogen-bond donors (Lipinski definition) is 3. The van der Waals surface area contributed by atoms with E-state index in [2.05, 4.69) is 10.6 Å². The molecule has 19 heavy (non-hydrogen) atoms. The van der Waals surface area contributed by atoms with Crippen LogP contribution in [0.4, 0.5) is 4.79 Å². The minimum atomic E-state index is -0.316. The first-order valence-corrected chi connectivity index (χ1v) is 7.12. The van der Waals surface area contributed by atoms with Crippen molar-refractivity contribution in [2.75, 3.05) is 13.2 Å². The van der Waals surface area contributed by atoms with Gasteiger partial charge in [-0.05, 0) is 25.7 Å². The van der Waals surface area contributed by atoms with Crippen molar-refractivity contribution >= 4 is 11.9 Å². The minimum Gasteiger partial charge on any atom is -0.376 e. The molecule has 4 N–H and O–H groups in total. The molecule has 0 bridgehead atoms. The first-order valence-electron chi connectivity index (χ1n) is 7.12. The van der Waals surface area contributed by atoms with E-state index in [1.54, 1.807) is 0 Å². The third-order valence-electron chi connectivity index (χ3n) is 3.96. The van der Waals surface area contributed by atoms with Gasteiger partial charge in [0, 0.05) is 19.2 Å². The standard InChI is InChI=1S/C13H23N3O3/c14-12(17)10-5-1-2-6-11(10)16-13(18)15-8-9-4-3-7-19-9/h9-11H,1-8H2,(H2,14,17)(H2,15,16,18)/t9-,10-,11-/m1/s1. The molecule has 0 unspecified atom stereocenters. The molecule has 1 saturated carbocycles. The lowest BCUT2D eigenvalue weighted by Gasteiger charge is -2.30. The van der Waals surface area contributed by atoms with Gasteiger partial charge in [0.1, 0.15) is 0 Å². The van der Waals surface area contributed by atoms with E-state index in [0.29, 0.717) is 6.54 Å². The normalized spacial score (nSPS) is 30.8. The zero-order chi connectivity index (χ0) is 13.7. The van der Waals surface area contributed by atoms with Gasteiger partial charge in [0.25, 0.3) is 0 Å². The summed E-state index contributed by atoms with van der Waals surface area (Å²) in [7, 11) is 0. The van der Waals surface area contributed by atoms with E-state index < -0.39 is 0 Å². The third-order valence-corrected chi connectivity index (χ3v) is 3.96. The van der Waals surface area contributed by atoms with Gasteiger partial charge in [-0.3, -0.25) is 4.79 Å². The highest BCUT2D eigenvalue weighted by Gasteiger charge is 2.30. The van der Waals surface area contributed by atoms with Crippen LogP contribution in [0.15, 0.2) is 0 Å². The second-order valence-electron chi connectivity index (χ2n) is 5.39. The fraction of sp³-hybridized carbons (Fsp3) is 0.846. The Kier molecular flexibility index (Phi) is 5.01. The summed E-state index contributed by atoms with van der Waals surface area (Å²) in [6, 6.07) is -0.357. The van der Waals surface area contributed by atoms with Gasteiger partial charge in [-0.2, -0.15) is 0 Å². The topological polar surface area (TPSA) is 93.5 Å². The molecule has 6 heteroatoms. The maximum absolute atomic E-state index is 11.8. The van der Waals surface area contributed by atoms with Crippen LogP contribution in [0, 0.1) is 5.92 Å². The molecule has 1 heterocycles. The molecule has 6 nitrogen and oxygen atoms in total. The van der Waals surface area contributed by atoms with Gasteiger partial charge in [0.15, 0.2) is 0 Å². The monoisotopic (exact) mass is 269 g/mol. The van der Waals surface area contributed by atoms with Gasteiger partial charge >= 0.3 is 6.03 Å². The molecule has 0 aromatic rings. The molecule has 1 saturated heterocycles. The van der Waals surface area contributed by atoms with Crippen LogP contribution in [0.3, 0.4) is 0 Å². The predicted octanol–water partition coefficient (Wildman–Crippen LogP) is 0.509. The number of hydrogen-bond acceptors (Lipinski definition) is 3. The lowest BCUT2D eigenvalue weighted by molar-refractivity contribution is -0.123. The average molecular weight is 269 g/mol. The Hall–Kier alpha value is -1.30. The molecule has 0 aromatic carbocycles. The Labute approximate surface area is 113 Å².